The largest absolute Gasteiger partial charge is 0.504 e. The van der Waals surface area contributed by atoms with Gasteiger partial charge in [0.1, 0.15) is 17.6 Å². The van der Waals surface area contributed by atoms with Gasteiger partial charge in [0, 0.05) is 31.7 Å². The van der Waals surface area contributed by atoms with Gasteiger partial charge in [-0.25, -0.2) is 0 Å². The zero-order valence-electron chi connectivity index (χ0n) is 18.1. The van der Waals surface area contributed by atoms with Crippen molar-refractivity contribution in [2.24, 2.45) is 0 Å². The Kier molecular flexibility index (Phi) is 6.51. The number of ether oxygens (including phenoxy) is 3. The number of carbonyl (C=O) groups excluding carboxylic acids is 1. The molecule has 2 aliphatic rings. The zero-order valence-corrected chi connectivity index (χ0v) is 18.1. The van der Waals surface area contributed by atoms with Gasteiger partial charge < -0.3 is 24.6 Å². The molecule has 4 rings (SSSR count). The number of phenolic OH excluding ortho intramolecular Hbond substituents is 1. The molecule has 1 aliphatic carbocycles. The number of hydrogen-bond acceptors (Lipinski definition) is 6. The second-order valence-electron chi connectivity index (χ2n) is 8.21. The first kappa shape index (κ1) is 21.3. The topological polar surface area (TPSA) is 80.3 Å². The van der Waals surface area contributed by atoms with Crippen LogP contribution in [0.5, 0.6) is 23.0 Å². The molecule has 0 aromatic heterocycles. The Morgan fingerprint density at radius 1 is 1.03 bits per heavy atom. The minimum absolute atomic E-state index is 0.0418. The van der Waals surface area contributed by atoms with E-state index in [2.05, 4.69) is 10.2 Å². The molecule has 2 N–H and O–H groups in total. The van der Waals surface area contributed by atoms with Gasteiger partial charge in [-0.15, -0.1) is 0 Å². The summed E-state index contributed by atoms with van der Waals surface area (Å²) in [4.78, 5) is 15.0. The molecule has 166 valence electrons. The van der Waals surface area contributed by atoms with Crippen LogP contribution >= 0.6 is 0 Å². The highest BCUT2D eigenvalue weighted by Crippen LogP contribution is 2.30. The van der Waals surface area contributed by atoms with Crippen LogP contribution in [0.25, 0.3) is 0 Å². The molecule has 7 heteroatoms. The Hall–Kier alpha value is -2.93. The molecule has 1 saturated heterocycles. The first-order valence-electron chi connectivity index (χ1n) is 10.8. The van der Waals surface area contributed by atoms with E-state index < -0.39 is 0 Å². The Balaban J connectivity index is 1.36. The lowest BCUT2D eigenvalue weighted by Crippen LogP contribution is -2.38. The predicted octanol–water partition coefficient (Wildman–Crippen LogP) is 3.35. The van der Waals surface area contributed by atoms with Gasteiger partial charge >= 0.3 is 0 Å². The van der Waals surface area contributed by atoms with Crippen LogP contribution in [0, 0.1) is 0 Å². The summed E-state index contributed by atoms with van der Waals surface area (Å²) >= 11 is 0. The van der Waals surface area contributed by atoms with Gasteiger partial charge in [-0.3, -0.25) is 9.69 Å². The second kappa shape index (κ2) is 9.47. The third-order valence-corrected chi connectivity index (χ3v) is 5.82. The van der Waals surface area contributed by atoms with E-state index >= 15 is 0 Å². The van der Waals surface area contributed by atoms with Crippen LogP contribution < -0.4 is 19.5 Å². The predicted molar refractivity (Wildman–Crippen MR) is 117 cm³/mol. The molecule has 1 amide bonds. The monoisotopic (exact) mass is 426 g/mol. The lowest BCUT2D eigenvalue weighted by Gasteiger charge is -2.32. The number of carbonyl (C=O) groups is 1. The van der Waals surface area contributed by atoms with E-state index in [0.717, 1.165) is 50.9 Å². The average molecular weight is 427 g/mol. The van der Waals surface area contributed by atoms with Crippen molar-refractivity contribution in [2.45, 2.75) is 44.4 Å². The molecular weight excluding hydrogens is 396 g/mol. The van der Waals surface area contributed by atoms with Crippen molar-refractivity contribution in [1.29, 1.82) is 0 Å². The Morgan fingerprint density at radius 2 is 1.81 bits per heavy atom. The molecule has 7 nitrogen and oxygen atoms in total. The standard InChI is InChI=1S/C24H30N2O5/c1-29-19-6-7-20(24(28)25-17-4-5-17)23(14-19)31-18-9-11-26(12-10-18)15-16-3-8-22(30-2)21(27)13-16/h3,6-8,13-14,17-18,27H,4-5,9-12,15H2,1-2H3,(H,25,28). The number of aromatic hydroxyl groups is 1. The number of benzene rings is 2. The third kappa shape index (κ3) is 5.41. The summed E-state index contributed by atoms with van der Waals surface area (Å²) in [6.45, 7) is 2.52. The summed E-state index contributed by atoms with van der Waals surface area (Å²) in [5, 5.41) is 13.0. The molecule has 1 heterocycles. The van der Waals surface area contributed by atoms with Crippen molar-refractivity contribution < 1.29 is 24.1 Å². The first-order valence-corrected chi connectivity index (χ1v) is 10.8. The van der Waals surface area contributed by atoms with Gasteiger partial charge in [0.2, 0.25) is 0 Å². The maximum Gasteiger partial charge on any atom is 0.255 e. The van der Waals surface area contributed by atoms with Crippen molar-refractivity contribution in [2.75, 3.05) is 27.3 Å². The summed E-state index contributed by atoms with van der Waals surface area (Å²) in [7, 11) is 3.15. The van der Waals surface area contributed by atoms with Crippen LogP contribution in [0.15, 0.2) is 36.4 Å². The quantitative estimate of drug-likeness (QED) is 0.674. The van der Waals surface area contributed by atoms with E-state index in [4.69, 9.17) is 14.2 Å². The number of phenols is 1. The molecule has 2 aromatic carbocycles. The molecule has 0 atom stereocenters. The van der Waals surface area contributed by atoms with Gasteiger partial charge in [0.25, 0.3) is 5.91 Å². The number of rotatable bonds is 8. The Bertz CT molecular complexity index is 920. The molecule has 1 aliphatic heterocycles. The van der Waals surface area contributed by atoms with E-state index in [1.165, 1.54) is 0 Å². The van der Waals surface area contributed by atoms with Crippen LogP contribution in [0.2, 0.25) is 0 Å². The third-order valence-electron chi connectivity index (χ3n) is 5.82. The fourth-order valence-corrected chi connectivity index (χ4v) is 3.86. The molecule has 0 spiro atoms. The van der Waals surface area contributed by atoms with Gasteiger partial charge in [-0.05, 0) is 55.5 Å². The summed E-state index contributed by atoms with van der Waals surface area (Å²) in [6, 6.07) is 11.2. The van der Waals surface area contributed by atoms with Crippen molar-refractivity contribution >= 4 is 5.91 Å². The highest BCUT2D eigenvalue weighted by Gasteiger charge is 2.27. The lowest BCUT2D eigenvalue weighted by atomic mass is 10.1. The maximum absolute atomic E-state index is 12.6. The Labute approximate surface area is 182 Å². The van der Waals surface area contributed by atoms with E-state index in [9.17, 15) is 9.90 Å². The van der Waals surface area contributed by atoms with Gasteiger partial charge in [0.05, 0.1) is 19.8 Å². The molecule has 1 saturated carbocycles. The summed E-state index contributed by atoms with van der Waals surface area (Å²) in [5.41, 5.74) is 1.60. The number of hydrogen-bond donors (Lipinski definition) is 2. The minimum Gasteiger partial charge on any atom is -0.504 e. The van der Waals surface area contributed by atoms with E-state index in [1.807, 2.05) is 6.07 Å². The molecule has 31 heavy (non-hydrogen) atoms. The summed E-state index contributed by atoms with van der Waals surface area (Å²) in [6.07, 6.45) is 3.86. The zero-order chi connectivity index (χ0) is 21.8. The van der Waals surface area contributed by atoms with Gasteiger partial charge in [-0.2, -0.15) is 0 Å². The molecule has 2 fully saturated rings. The number of nitrogens with zero attached hydrogens (tertiary/aromatic N) is 1. The second-order valence-corrected chi connectivity index (χ2v) is 8.21. The number of nitrogens with one attached hydrogen (secondary N) is 1. The lowest BCUT2D eigenvalue weighted by molar-refractivity contribution is 0.0889. The van der Waals surface area contributed by atoms with Crippen LogP contribution in [0.1, 0.15) is 41.6 Å². The average Bonchev–Trinajstić information content (AvgIpc) is 3.59. The van der Waals surface area contributed by atoms with Crippen molar-refractivity contribution in [3.05, 3.63) is 47.5 Å². The number of amides is 1. The van der Waals surface area contributed by atoms with Crippen molar-refractivity contribution in [1.82, 2.24) is 10.2 Å². The highest BCUT2D eigenvalue weighted by atomic mass is 16.5. The highest BCUT2D eigenvalue weighted by molar-refractivity contribution is 5.97. The fraction of sp³-hybridized carbons (Fsp3) is 0.458. The number of methoxy groups -OCH3 is 2. The van der Waals surface area contributed by atoms with Crippen molar-refractivity contribution in [3.63, 3.8) is 0 Å². The normalized spacial score (nSPS) is 17.2. The fourth-order valence-electron chi connectivity index (χ4n) is 3.86. The number of piperidine rings is 1. The smallest absolute Gasteiger partial charge is 0.255 e. The SMILES string of the molecule is COc1ccc(C(=O)NC2CC2)c(OC2CCN(Cc3ccc(OC)c(O)c3)CC2)c1. The molecule has 2 aromatic rings. The van der Waals surface area contributed by atoms with Crippen LogP contribution in [-0.4, -0.2) is 55.4 Å². The van der Waals surface area contributed by atoms with Gasteiger partial charge in [-0.1, -0.05) is 6.07 Å². The summed E-state index contributed by atoms with van der Waals surface area (Å²) in [5.74, 6) is 1.81. The van der Waals surface area contributed by atoms with Gasteiger partial charge in [0.15, 0.2) is 11.5 Å². The minimum atomic E-state index is -0.0862. The summed E-state index contributed by atoms with van der Waals surface area (Å²) < 4.78 is 16.7. The maximum atomic E-state index is 12.6. The van der Waals surface area contributed by atoms with Crippen molar-refractivity contribution in [3.8, 4) is 23.0 Å². The van der Waals surface area contributed by atoms with Crippen LogP contribution in [0.3, 0.4) is 0 Å². The molecule has 0 bridgehead atoms. The van der Waals surface area contributed by atoms with E-state index in [1.54, 1.807) is 44.6 Å². The van der Waals surface area contributed by atoms with Crippen LogP contribution in [-0.2, 0) is 6.54 Å². The van der Waals surface area contributed by atoms with E-state index in [-0.39, 0.29) is 17.8 Å². The first-order chi connectivity index (χ1) is 15.1. The van der Waals surface area contributed by atoms with E-state index in [0.29, 0.717) is 28.9 Å². The molecule has 0 radical (unpaired) electrons. The molecular formula is C24H30N2O5. The van der Waals surface area contributed by atoms with Crippen LogP contribution in [0.4, 0.5) is 0 Å². The molecule has 0 unspecified atom stereocenters. The number of likely N-dealkylation sites (tertiary alicyclic amines) is 1. The Morgan fingerprint density at radius 3 is 2.45 bits per heavy atom.